The van der Waals surface area contributed by atoms with E-state index < -0.39 is 0 Å². The number of hydrogen-bond donors (Lipinski definition) is 0. The summed E-state index contributed by atoms with van der Waals surface area (Å²) in [5, 5.41) is 6.39. The maximum absolute atomic E-state index is 6.08. The molecule has 4 heterocycles. The Bertz CT molecular complexity index is 2660. The molecule has 10 rings (SSSR count). The summed E-state index contributed by atoms with van der Waals surface area (Å²) in [4.78, 5) is 22.9. The zero-order chi connectivity index (χ0) is 39.2. The Labute approximate surface area is 346 Å². The normalized spacial score (nSPS) is 16.2. The highest BCUT2D eigenvalue weighted by atomic mass is 32.1. The molecule has 2 aliphatic rings. The van der Waals surface area contributed by atoms with Crippen LogP contribution in [0.15, 0.2) is 124 Å². The predicted octanol–water partition coefficient (Wildman–Crippen LogP) is 12.9. The highest BCUT2D eigenvalue weighted by Gasteiger charge is 2.34. The van der Waals surface area contributed by atoms with Gasteiger partial charge in [0.15, 0.2) is 23.3 Å². The van der Waals surface area contributed by atoms with E-state index in [4.69, 9.17) is 18.8 Å². The first kappa shape index (κ1) is 36.5. The number of hydrazine groups is 1. The summed E-state index contributed by atoms with van der Waals surface area (Å²) in [7, 11) is 0. The van der Waals surface area contributed by atoms with Gasteiger partial charge < -0.3 is 8.83 Å². The molecule has 58 heavy (non-hydrogen) atoms. The number of fused-ring (bicyclic) bond motifs is 2. The van der Waals surface area contributed by atoms with Gasteiger partial charge in [0.2, 0.25) is 10.3 Å². The number of hydrogen-bond acceptors (Lipinski definition) is 10. The molecule has 0 radical (unpaired) electrons. The van der Waals surface area contributed by atoms with Crippen molar-refractivity contribution in [2.75, 3.05) is 10.0 Å². The number of oxazole rings is 2. The molecule has 0 N–H and O–H groups in total. The van der Waals surface area contributed by atoms with Crippen molar-refractivity contribution < 1.29 is 8.83 Å². The van der Waals surface area contributed by atoms with E-state index in [0.29, 0.717) is 5.89 Å². The van der Waals surface area contributed by atoms with Crippen LogP contribution in [0.4, 0.5) is 21.6 Å². The first-order valence-electron chi connectivity index (χ1n) is 20.3. The van der Waals surface area contributed by atoms with Crippen LogP contribution in [0.3, 0.4) is 0 Å². The molecule has 290 valence electrons. The molecule has 0 fully saturated rings. The van der Waals surface area contributed by atoms with E-state index in [0.717, 1.165) is 101 Å². The van der Waals surface area contributed by atoms with Crippen LogP contribution in [-0.2, 0) is 19.3 Å². The third-order valence-corrected chi connectivity index (χ3v) is 13.6. The van der Waals surface area contributed by atoms with Crippen molar-refractivity contribution in [2.24, 2.45) is 0 Å². The van der Waals surface area contributed by atoms with E-state index in [-0.39, 0.29) is 11.8 Å². The zero-order valence-electron chi connectivity index (χ0n) is 32.9. The van der Waals surface area contributed by atoms with Crippen molar-refractivity contribution in [3.8, 4) is 22.6 Å². The number of thiazole rings is 2. The summed E-state index contributed by atoms with van der Waals surface area (Å²) in [6.07, 6.45) is 9.02. The Morgan fingerprint density at radius 1 is 0.621 bits per heavy atom. The maximum Gasteiger partial charge on any atom is 0.210 e. The largest absolute Gasteiger partial charge is 0.441 e. The van der Waals surface area contributed by atoms with E-state index in [9.17, 15) is 0 Å². The second kappa shape index (κ2) is 15.5. The SMILES string of the molecule is CCc1ncc(-c2ccc(N(c3nc4c(s3)CCCC4c3ccccc3)N(c3ccc(-c4oc(C)nc4C)cc3)c3nc4c(s3)CCCC4c3ccccc3)cc2)o1. The van der Waals surface area contributed by atoms with Gasteiger partial charge in [0.05, 0.1) is 34.7 Å². The van der Waals surface area contributed by atoms with Gasteiger partial charge in [0.25, 0.3) is 0 Å². The molecule has 0 spiro atoms. The second-order valence-electron chi connectivity index (χ2n) is 15.2. The number of aryl methyl sites for hydroxylation is 5. The fourth-order valence-corrected chi connectivity index (χ4v) is 10.9. The van der Waals surface area contributed by atoms with Gasteiger partial charge in [-0.1, -0.05) is 90.3 Å². The van der Waals surface area contributed by atoms with Crippen LogP contribution < -0.4 is 10.0 Å². The molecule has 4 aromatic carbocycles. The van der Waals surface area contributed by atoms with Crippen LogP contribution in [0.1, 0.15) is 94.2 Å². The Balaban J connectivity index is 1.15. The molecule has 8 aromatic rings. The molecule has 0 saturated heterocycles. The molecule has 8 nitrogen and oxygen atoms in total. The summed E-state index contributed by atoms with van der Waals surface area (Å²) in [5.41, 5.74) is 9.78. The van der Waals surface area contributed by atoms with Gasteiger partial charge in [-0.2, -0.15) is 0 Å². The van der Waals surface area contributed by atoms with Gasteiger partial charge in [0.1, 0.15) is 0 Å². The summed E-state index contributed by atoms with van der Waals surface area (Å²) < 4.78 is 12.1. The summed E-state index contributed by atoms with van der Waals surface area (Å²) in [6, 6.07) is 38.9. The van der Waals surface area contributed by atoms with Crippen molar-refractivity contribution in [3.63, 3.8) is 0 Å². The third-order valence-electron chi connectivity index (χ3n) is 11.4. The second-order valence-corrected chi connectivity index (χ2v) is 17.3. The van der Waals surface area contributed by atoms with Crippen LogP contribution in [0.2, 0.25) is 0 Å². The number of aromatic nitrogens is 4. The Morgan fingerprint density at radius 3 is 1.60 bits per heavy atom. The minimum Gasteiger partial charge on any atom is -0.441 e. The van der Waals surface area contributed by atoms with Gasteiger partial charge >= 0.3 is 0 Å². The van der Waals surface area contributed by atoms with Gasteiger partial charge in [-0.3, -0.25) is 0 Å². The molecule has 2 atom stereocenters. The Hall–Kier alpha value is -5.84. The number of rotatable bonds is 10. The number of benzene rings is 4. The van der Waals surface area contributed by atoms with Gasteiger partial charge in [-0.25, -0.2) is 30.0 Å². The summed E-state index contributed by atoms with van der Waals surface area (Å²) in [6.45, 7) is 5.94. The lowest BCUT2D eigenvalue weighted by molar-refractivity contribution is 0.514. The predicted molar refractivity (Wildman–Crippen MR) is 234 cm³/mol. The van der Waals surface area contributed by atoms with Gasteiger partial charge in [0, 0.05) is 46.1 Å². The zero-order valence-corrected chi connectivity index (χ0v) is 34.5. The first-order valence-corrected chi connectivity index (χ1v) is 21.9. The molecule has 0 saturated carbocycles. The Morgan fingerprint density at radius 2 is 1.14 bits per heavy atom. The van der Waals surface area contributed by atoms with E-state index >= 15 is 0 Å². The van der Waals surface area contributed by atoms with E-state index in [1.807, 2.05) is 20.0 Å². The molecule has 0 amide bonds. The lowest BCUT2D eigenvalue weighted by Crippen LogP contribution is -2.35. The lowest BCUT2D eigenvalue weighted by Gasteiger charge is -2.34. The van der Waals surface area contributed by atoms with Crippen LogP contribution in [0, 0.1) is 13.8 Å². The molecule has 10 heteroatoms. The van der Waals surface area contributed by atoms with Crippen molar-refractivity contribution >= 4 is 44.3 Å². The standard InChI is InChI=1S/C48H44N6O2S2/c1-4-43-49-29-40(56-43)34-21-25-36(26-22-34)53(47-51-44-38(17-11-19-41(44)57-47)32-13-7-5-8-14-32)54(37-27-23-35(24-28-37)46-30(2)50-31(3)55-46)48-52-45-39(18-12-20-42(45)58-48)33-15-9-6-10-16-33/h5-10,13-16,21-29,38-39H,4,11-12,17-20H2,1-3H3. The number of nitrogens with zero attached hydrogens (tertiary/aromatic N) is 6. The smallest absolute Gasteiger partial charge is 0.210 e. The molecule has 0 bridgehead atoms. The minimum atomic E-state index is 0.248. The molecule has 2 aliphatic carbocycles. The van der Waals surface area contributed by atoms with Crippen LogP contribution in [0.25, 0.3) is 22.6 Å². The van der Waals surface area contributed by atoms with Gasteiger partial charge in [-0.15, -0.1) is 0 Å². The fraction of sp³-hybridized carbons (Fsp3) is 0.250. The minimum absolute atomic E-state index is 0.248. The molecule has 2 unspecified atom stereocenters. The summed E-state index contributed by atoms with van der Waals surface area (Å²) in [5.74, 6) is 3.43. The average Bonchev–Trinajstić information content (AvgIpc) is 4.09. The van der Waals surface area contributed by atoms with Crippen molar-refractivity contribution in [1.82, 2.24) is 19.9 Å². The van der Waals surface area contributed by atoms with E-state index in [1.54, 1.807) is 22.7 Å². The van der Waals surface area contributed by atoms with Crippen molar-refractivity contribution in [1.29, 1.82) is 0 Å². The fourth-order valence-electron chi connectivity index (χ4n) is 8.56. The summed E-state index contributed by atoms with van der Waals surface area (Å²) >= 11 is 3.59. The topological polar surface area (TPSA) is 84.3 Å². The average molecular weight is 801 g/mol. The van der Waals surface area contributed by atoms with Crippen LogP contribution >= 0.6 is 22.7 Å². The van der Waals surface area contributed by atoms with Crippen molar-refractivity contribution in [3.05, 3.63) is 165 Å². The van der Waals surface area contributed by atoms with Gasteiger partial charge in [-0.05, 0) is 105 Å². The van der Waals surface area contributed by atoms with Crippen molar-refractivity contribution in [2.45, 2.75) is 77.6 Å². The Kier molecular flexibility index (Phi) is 9.75. The van der Waals surface area contributed by atoms with Crippen LogP contribution in [-0.4, -0.2) is 19.9 Å². The number of anilines is 4. The first-order chi connectivity index (χ1) is 28.5. The highest BCUT2D eigenvalue weighted by Crippen LogP contribution is 2.48. The molecule has 4 aromatic heterocycles. The van der Waals surface area contributed by atoms with E-state index in [2.05, 4.69) is 136 Å². The quantitative estimate of drug-likeness (QED) is 0.126. The monoisotopic (exact) mass is 800 g/mol. The van der Waals surface area contributed by atoms with E-state index in [1.165, 1.54) is 32.3 Å². The molecular weight excluding hydrogens is 757 g/mol. The maximum atomic E-state index is 6.08. The van der Waals surface area contributed by atoms with Crippen LogP contribution in [0.5, 0.6) is 0 Å². The third kappa shape index (κ3) is 6.84. The lowest BCUT2D eigenvalue weighted by atomic mass is 9.85. The highest BCUT2D eigenvalue weighted by molar-refractivity contribution is 7.16. The molecular formula is C48H44N6O2S2. The molecule has 0 aliphatic heterocycles.